The number of nitrogens with zero attached hydrogens (tertiary/aromatic N) is 4. The number of ketones is 1. The standard InChI is InChI=1S/C29H50N7O9P/c1-9-11-20(37)18(12-16(3)4)34-46(41,35-19(13-17(5)6)26(39)43-10-2)44-14-21-23(38)29(7,40)27(45-21)36-15-31-22-24(36)32-28(30)33-25(22)42-8/h15-19,21,23,27,38,40H,9-14H2,1-8H3,(H2,30,32,33)(H2,34,35,41)/t18-,19-,21-,23?,27-,29?,46?/m1/s1. The molecule has 3 rings (SSSR count). The van der Waals surface area contributed by atoms with Crippen LogP contribution in [0.1, 0.15) is 80.4 Å². The van der Waals surface area contributed by atoms with Gasteiger partial charge in [0.15, 0.2) is 17.4 Å². The molecule has 2 aromatic heterocycles. The number of fused-ring (bicyclic) bond motifs is 1. The van der Waals surface area contributed by atoms with Crippen molar-refractivity contribution in [3.8, 4) is 5.88 Å². The van der Waals surface area contributed by atoms with E-state index in [-0.39, 0.29) is 60.1 Å². The second kappa shape index (κ2) is 15.9. The van der Waals surface area contributed by atoms with Gasteiger partial charge in [-0.05, 0) is 44.9 Å². The minimum Gasteiger partial charge on any atom is -0.479 e. The van der Waals surface area contributed by atoms with Gasteiger partial charge < -0.3 is 34.7 Å². The Morgan fingerprint density at radius 3 is 2.37 bits per heavy atom. The molecule has 0 aromatic carbocycles. The summed E-state index contributed by atoms with van der Waals surface area (Å²) in [6.45, 7) is 12.2. The van der Waals surface area contributed by atoms with Crippen LogP contribution in [0.15, 0.2) is 6.33 Å². The van der Waals surface area contributed by atoms with Gasteiger partial charge in [0, 0.05) is 6.42 Å². The number of methoxy groups -OCH3 is 1. The van der Waals surface area contributed by atoms with Gasteiger partial charge >= 0.3 is 13.6 Å². The van der Waals surface area contributed by atoms with Crippen molar-refractivity contribution in [1.82, 2.24) is 29.7 Å². The maximum atomic E-state index is 14.6. The average Bonchev–Trinajstić information content (AvgIpc) is 3.47. The smallest absolute Gasteiger partial charge is 0.342 e. The lowest BCUT2D eigenvalue weighted by Crippen LogP contribution is -2.46. The van der Waals surface area contributed by atoms with E-state index in [0.29, 0.717) is 12.8 Å². The Hall–Kier alpha value is -2.72. The van der Waals surface area contributed by atoms with Crippen molar-refractivity contribution in [2.45, 2.75) is 110 Å². The third-order valence-corrected chi connectivity index (χ3v) is 9.37. The summed E-state index contributed by atoms with van der Waals surface area (Å²) in [5, 5.41) is 28.3. The van der Waals surface area contributed by atoms with Crippen LogP contribution in [-0.4, -0.2) is 91.7 Å². The molecule has 16 nitrogen and oxygen atoms in total. The van der Waals surface area contributed by atoms with E-state index in [2.05, 4.69) is 25.1 Å². The molecule has 3 unspecified atom stereocenters. The van der Waals surface area contributed by atoms with Crippen molar-refractivity contribution in [2.75, 3.05) is 26.1 Å². The molecular formula is C29H50N7O9P. The van der Waals surface area contributed by atoms with Crippen LogP contribution >= 0.6 is 7.67 Å². The van der Waals surface area contributed by atoms with Crippen molar-refractivity contribution >= 4 is 36.5 Å². The number of anilines is 1. The largest absolute Gasteiger partial charge is 0.479 e. The number of Topliss-reactive ketones (excluding diaryl/α,β-unsaturated/α-hetero) is 1. The third kappa shape index (κ3) is 9.00. The van der Waals surface area contributed by atoms with Crippen molar-refractivity contribution in [2.24, 2.45) is 11.8 Å². The van der Waals surface area contributed by atoms with E-state index in [0.717, 1.165) is 0 Å². The maximum Gasteiger partial charge on any atom is 0.342 e. The third-order valence-electron chi connectivity index (χ3n) is 7.55. The molecule has 260 valence electrons. The second-order valence-electron chi connectivity index (χ2n) is 12.6. The summed E-state index contributed by atoms with van der Waals surface area (Å²) in [6.07, 6.45) is -1.15. The van der Waals surface area contributed by atoms with Crippen LogP contribution in [-0.2, 0) is 28.2 Å². The van der Waals surface area contributed by atoms with E-state index in [1.54, 1.807) is 6.92 Å². The van der Waals surface area contributed by atoms with E-state index in [4.69, 9.17) is 24.5 Å². The Bertz CT molecular complexity index is 1350. The molecular weight excluding hydrogens is 621 g/mol. The molecule has 1 aliphatic heterocycles. The number of nitrogen functional groups attached to an aromatic ring is 1. The van der Waals surface area contributed by atoms with E-state index < -0.39 is 56.4 Å². The molecule has 17 heteroatoms. The predicted molar refractivity (Wildman–Crippen MR) is 170 cm³/mol. The van der Waals surface area contributed by atoms with Crippen LogP contribution in [0, 0.1) is 11.8 Å². The van der Waals surface area contributed by atoms with Gasteiger partial charge in [0.1, 0.15) is 29.6 Å². The Morgan fingerprint density at radius 2 is 1.78 bits per heavy atom. The van der Waals surface area contributed by atoms with Crippen LogP contribution in [0.2, 0.25) is 0 Å². The summed E-state index contributed by atoms with van der Waals surface area (Å²) in [5.41, 5.74) is 4.39. The number of aromatic nitrogens is 4. The summed E-state index contributed by atoms with van der Waals surface area (Å²) < 4.78 is 38.5. The van der Waals surface area contributed by atoms with Gasteiger partial charge in [0.2, 0.25) is 11.8 Å². The Morgan fingerprint density at radius 1 is 1.15 bits per heavy atom. The zero-order valence-corrected chi connectivity index (χ0v) is 28.8. The molecule has 46 heavy (non-hydrogen) atoms. The normalized spacial score (nSPS) is 24.3. The van der Waals surface area contributed by atoms with Gasteiger partial charge in [-0.3, -0.25) is 18.7 Å². The van der Waals surface area contributed by atoms with Crippen molar-refractivity contribution in [3.05, 3.63) is 6.33 Å². The van der Waals surface area contributed by atoms with Crippen molar-refractivity contribution < 1.29 is 43.1 Å². The van der Waals surface area contributed by atoms with Gasteiger partial charge in [-0.25, -0.2) is 15.2 Å². The highest BCUT2D eigenvalue weighted by Crippen LogP contribution is 2.45. The molecule has 0 spiro atoms. The number of rotatable bonds is 18. The average molecular weight is 672 g/mol. The minimum atomic E-state index is -4.22. The number of esters is 1. The monoisotopic (exact) mass is 671 g/mol. The van der Waals surface area contributed by atoms with Gasteiger partial charge in [-0.2, -0.15) is 9.97 Å². The Kier molecular flexibility index (Phi) is 13.1. The fourth-order valence-electron chi connectivity index (χ4n) is 5.36. The summed E-state index contributed by atoms with van der Waals surface area (Å²) in [6, 6.07) is -1.87. The molecule has 3 heterocycles. The summed E-state index contributed by atoms with van der Waals surface area (Å²) >= 11 is 0. The highest BCUT2D eigenvalue weighted by Gasteiger charge is 2.54. The molecule has 6 N–H and O–H groups in total. The first-order valence-corrected chi connectivity index (χ1v) is 17.3. The fourth-order valence-corrected chi connectivity index (χ4v) is 7.22. The predicted octanol–water partition coefficient (Wildman–Crippen LogP) is 2.49. The molecule has 1 saturated heterocycles. The van der Waals surface area contributed by atoms with E-state index in [1.807, 2.05) is 34.6 Å². The van der Waals surface area contributed by atoms with Crippen LogP contribution in [0.5, 0.6) is 5.88 Å². The quantitative estimate of drug-likeness (QED) is 0.113. The molecule has 0 amide bonds. The molecule has 0 aliphatic carbocycles. The number of hydrogen-bond donors (Lipinski definition) is 5. The van der Waals surface area contributed by atoms with Gasteiger partial charge in [-0.15, -0.1) is 0 Å². The molecule has 1 fully saturated rings. The number of nitrogens with one attached hydrogen (secondary N) is 2. The first-order valence-electron chi connectivity index (χ1n) is 15.7. The number of ether oxygens (including phenoxy) is 3. The van der Waals surface area contributed by atoms with Crippen molar-refractivity contribution in [1.29, 1.82) is 0 Å². The number of imidazole rings is 1. The topological polar surface area (TPSA) is 222 Å². The lowest BCUT2D eigenvalue weighted by Gasteiger charge is -2.31. The van der Waals surface area contributed by atoms with Gasteiger partial charge in [0.25, 0.3) is 0 Å². The van der Waals surface area contributed by atoms with Crippen LogP contribution in [0.25, 0.3) is 11.2 Å². The molecule has 2 aromatic rings. The number of carbonyl (C=O) groups is 2. The molecule has 0 bridgehead atoms. The zero-order chi connectivity index (χ0) is 34.4. The zero-order valence-electron chi connectivity index (χ0n) is 27.9. The summed E-state index contributed by atoms with van der Waals surface area (Å²) in [5.74, 6) is -0.675. The molecule has 0 saturated carbocycles. The van der Waals surface area contributed by atoms with E-state index in [1.165, 1.54) is 24.9 Å². The first kappa shape index (κ1) is 37.7. The number of carbonyl (C=O) groups excluding carboxylic acids is 2. The van der Waals surface area contributed by atoms with Crippen LogP contribution in [0.4, 0.5) is 5.95 Å². The van der Waals surface area contributed by atoms with Crippen LogP contribution < -0.4 is 20.6 Å². The van der Waals surface area contributed by atoms with Gasteiger partial charge in [0.05, 0.1) is 32.7 Å². The highest BCUT2D eigenvalue weighted by atomic mass is 31.2. The van der Waals surface area contributed by atoms with Gasteiger partial charge in [-0.1, -0.05) is 34.6 Å². The summed E-state index contributed by atoms with van der Waals surface area (Å²) in [4.78, 5) is 38.5. The highest BCUT2D eigenvalue weighted by molar-refractivity contribution is 7.54. The fraction of sp³-hybridized carbons (Fsp3) is 0.759. The number of nitrogens with two attached hydrogens (primary N) is 1. The molecule has 1 aliphatic rings. The van der Waals surface area contributed by atoms with Crippen molar-refractivity contribution in [3.63, 3.8) is 0 Å². The first-order chi connectivity index (χ1) is 21.6. The molecule has 0 radical (unpaired) electrons. The number of hydrogen-bond acceptors (Lipinski definition) is 13. The summed E-state index contributed by atoms with van der Waals surface area (Å²) in [7, 11) is -2.83. The Labute approximate surface area is 269 Å². The lowest BCUT2D eigenvalue weighted by atomic mass is 9.96. The van der Waals surface area contributed by atoms with E-state index in [9.17, 15) is 24.4 Å². The van der Waals surface area contributed by atoms with Crippen LogP contribution in [0.3, 0.4) is 0 Å². The maximum absolute atomic E-state index is 14.6. The number of aliphatic hydroxyl groups is 2. The number of aliphatic hydroxyl groups excluding tert-OH is 1. The SMILES string of the molecule is CCCC(=O)[C@@H](CC(C)C)NP(=O)(N[C@H](CC(C)C)C(=O)OCC)OC[C@H]1O[C@@H](n2cnc3c(OC)nc(N)nc32)C(C)(O)C1O. The molecule has 7 atom stereocenters. The lowest BCUT2D eigenvalue weighted by molar-refractivity contribution is -0.145. The minimum absolute atomic E-state index is 0.0147. The Balaban J connectivity index is 1.94. The second-order valence-corrected chi connectivity index (χ2v) is 14.4. The van der Waals surface area contributed by atoms with E-state index >= 15 is 0 Å².